The molecule has 4 aliphatic rings. The predicted molar refractivity (Wildman–Crippen MR) is 270 cm³/mol. The molecule has 0 bridgehead atoms. The first-order valence-electron chi connectivity index (χ1n) is 21.7. The number of amides is 2. The van der Waals surface area contributed by atoms with Crippen LogP contribution in [0.25, 0.3) is 11.1 Å². The van der Waals surface area contributed by atoms with Gasteiger partial charge in [-0.2, -0.15) is 0 Å². The number of nitrogens with zero attached hydrogens (tertiary/aromatic N) is 4. The molecule has 0 fully saturated rings. The van der Waals surface area contributed by atoms with Crippen LogP contribution in [-0.4, -0.2) is 94.1 Å². The van der Waals surface area contributed by atoms with Gasteiger partial charge in [0.1, 0.15) is 23.7 Å². The van der Waals surface area contributed by atoms with Gasteiger partial charge in [0.25, 0.3) is 11.8 Å². The number of benzene rings is 6. The summed E-state index contributed by atoms with van der Waals surface area (Å²) >= 11 is 3.47. The molecule has 0 saturated carbocycles. The largest absolute Gasteiger partial charge is 0.488 e. The molecule has 0 aromatic heterocycles. The number of halogens is 1. The first-order chi connectivity index (χ1) is 33.1. The molecule has 4 heterocycles. The van der Waals surface area contributed by atoms with Crippen molar-refractivity contribution in [2.24, 2.45) is 21.5 Å². The molecular formula is C50H48BBrN6O10S2. The first-order valence-corrected chi connectivity index (χ1v) is 26.3. The molecule has 4 atom stereocenters. The van der Waals surface area contributed by atoms with Crippen LogP contribution in [-0.2, 0) is 40.3 Å². The molecule has 4 aliphatic heterocycles. The lowest BCUT2D eigenvalue weighted by atomic mass is 9.79. The van der Waals surface area contributed by atoms with Gasteiger partial charge in [-0.25, -0.2) is 26.8 Å². The van der Waals surface area contributed by atoms with Gasteiger partial charge < -0.3 is 31.0 Å². The van der Waals surface area contributed by atoms with Gasteiger partial charge >= 0.3 is 7.12 Å². The van der Waals surface area contributed by atoms with E-state index in [1.165, 1.54) is 40.3 Å². The van der Waals surface area contributed by atoms with Crippen molar-refractivity contribution in [1.82, 2.24) is 9.80 Å². The van der Waals surface area contributed by atoms with E-state index in [1.54, 1.807) is 32.3 Å². The van der Waals surface area contributed by atoms with E-state index in [9.17, 15) is 26.4 Å². The smallest absolute Gasteiger partial charge is 0.485 e. The topological polar surface area (TPSA) is 245 Å². The molecule has 10 rings (SSSR count). The van der Waals surface area contributed by atoms with Crippen molar-refractivity contribution in [3.63, 3.8) is 0 Å². The van der Waals surface area contributed by atoms with Crippen LogP contribution < -0.4 is 26.4 Å². The van der Waals surface area contributed by atoms with E-state index in [1.807, 2.05) is 103 Å². The van der Waals surface area contributed by atoms with Gasteiger partial charge in [-0.15, -0.1) is 0 Å². The average Bonchev–Trinajstić information content (AvgIpc) is 3.69. The lowest BCUT2D eigenvalue weighted by Crippen LogP contribution is -2.43. The van der Waals surface area contributed by atoms with Crippen LogP contribution in [0.3, 0.4) is 0 Å². The minimum absolute atomic E-state index is 0.0816. The Morgan fingerprint density at radius 2 is 1.04 bits per heavy atom. The average molecular weight is 1050 g/mol. The van der Waals surface area contributed by atoms with Crippen molar-refractivity contribution in [1.29, 1.82) is 0 Å². The number of aliphatic imine (C=N–C) groups is 2. The number of ether oxygens (including phenoxy) is 2. The van der Waals surface area contributed by atoms with Crippen LogP contribution in [0.5, 0.6) is 11.5 Å². The second kappa shape index (κ2) is 19.2. The summed E-state index contributed by atoms with van der Waals surface area (Å²) in [6.45, 7) is 0. The quantitative estimate of drug-likeness (QED) is 0.161. The number of hydrogen-bond acceptors (Lipinski definition) is 14. The molecule has 0 saturated heterocycles. The maximum Gasteiger partial charge on any atom is 0.488 e. The highest BCUT2D eigenvalue weighted by atomic mass is 79.9. The Bertz CT molecular complexity index is 3310. The van der Waals surface area contributed by atoms with E-state index in [0.29, 0.717) is 29.9 Å². The van der Waals surface area contributed by atoms with Crippen LogP contribution in [0, 0.1) is 0 Å². The van der Waals surface area contributed by atoms with Crippen molar-refractivity contribution < 1.29 is 45.9 Å². The van der Waals surface area contributed by atoms with Crippen molar-refractivity contribution in [2.75, 3.05) is 26.6 Å². The standard InChI is InChI=1S/C25H23N3O4S.C18H16BrN3O2.C7H9BO4S/c1-28-23(29)25(27-24(28)26)15-22(16-7-4-3-5-8-16)32-21-12-11-18(14-20(21)25)17-9-6-10-19(13-17)33(2,30)31;1-22-16(23)18(21-17(22)20)10-15(11-5-3-2-4-6-11)24-14-8-7-12(19)9-13(14)18;1-13(11,12)7-4-2-3-6(5-7)8(9)10/h3-14,22H,15H2,1-2H3,(H2,26,27);2-9,15H,10H2,1H3,(H2,20,21);2-5,9-10H,1H3. The number of rotatable bonds is 6. The summed E-state index contributed by atoms with van der Waals surface area (Å²) in [4.78, 5) is 38.8. The number of likely N-dealkylation sites (N-methyl/N-ethyl adjacent to an activating group) is 2. The van der Waals surface area contributed by atoms with Gasteiger partial charge in [0, 0.05) is 55.0 Å². The Labute approximate surface area is 414 Å². The number of nitrogens with two attached hydrogens (primary N) is 2. The van der Waals surface area contributed by atoms with Gasteiger partial charge in [0.15, 0.2) is 42.7 Å². The summed E-state index contributed by atoms with van der Waals surface area (Å²) in [5, 5.41) is 17.5. The molecule has 2 spiro atoms. The summed E-state index contributed by atoms with van der Waals surface area (Å²) in [5.74, 6) is 1.27. The summed E-state index contributed by atoms with van der Waals surface area (Å²) in [7, 11) is -5.01. The van der Waals surface area contributed by atoms with Crippen LogP contribution >= 0.6 is 15.9 Å². The maximum absolute atomic E-state index is 13.5. The Morgan fingerprint density at radius 3 is 1.50 bits per heavy atom. The first kappa shape index (κ1) is 49.6. The zero-order chi connectivity index (χ0) is 50.3. The summed E-state index contributed by atoms with van der Waals surface area (Å²) in [5.41, 5.74) is 14.8. The normalized spacial score (nSPS) is 21.2. The van der Waals surface area contributed by atoms with Crippen LogP contribution in [0.2, 0.25) is 0 Å². The molecule has 6 N–H and O–H groups in total. The second-order valence-electron chi connectivity index (χ2n) is 17.2. The summed E-state index contributed by atoms with van der Waals surface area (Å²) < 4.78 is 59.5. The van der Waals surface area contributed by atoms with Crippen molar-refractivity contribution in [2.45, 2.75) is 45.9 Å². The Kier molecular flexibility index (Phi) is 13.6. The molecule has 360 valence electrons. The van der Waals surface area contributed by atoms with Crippen LogP contribution in [0.15, 0.2) is 170 Å². The lowest BCUT2D eigenvalue weighted by molar-refractivity contribution is -0.133. The highest BCUT2D eigenvalue weighted by molar-refractivity contribution is 9.10. The number of carbonyl (C=O) groups is 2. The zero-order valence-corrected chi connectivity index (χ0v) is 41.5. The van der Waals surface area contributed by atoms with E-state index < -0.39 is 37.9 Å². The number of hydrogen-bond donors (Lipinski definition) is 4. The van der Waals surface area contributed by atoms with Crippen LogP contribution in [0.1, 0.15) is 47.3 Å². The van der Waals surface area contributed by atoms with E-state index >= 15 is 0 Å². The fourth-order valence-corrected chi connectivity index (χ4v) is 10.4. The van der Waals surface area contributed by atoms with E-state index in [4.69, 9.17) is 31.0 Å². The molecule has 2 amide bonds. The molecule has 0 radical (unpaired) electrons. The summed E-state index contributed by atoms with van der Waals surface area (Å²) in [6.07, 6.45) is 2.34. The number of carbonyl (C=O) groups excluding carboxylic acids is 2. The van der Waals surface area contributed by atoms with Gasteiger partial charge in [0.2, 0.25) is 0 Å². The Balaban J connectivity index is 0.000000155. The second-order valence-corrected chi connectivity index (χ2v) is 22.1. The van der Waals surface area contributed by atoms with E-state index in [0.717, 1.165) is 38.5 Å². The molecule has 0 aliphatic carbocycles. The predicted octanol–water partition coefficient (Wildman–Crippen LogP) is 4.99. The third kappa shape index (κ3) is 9.69. The minimum atomic E-state index is -3.36. The van der Waals surface area contributed by atoms with Crippen molar-refractivity contribution >= 4 is 71.9 Å². The Morgan fingerprint density at radius 1 is 0.600 bits per heavy atom. The third-order valence-corrected chi connectivity index (χ3v) is 15.2. The number of sulfone groups is 2. The SMILES string of the molecule is CN1C(=O)C2(CC(c3ccccc3)Oc3ccc(-c4cccc(S(C)(=O)=O)c4)cc32)N=C1N.CN1C(=O)C2(CC(c3ccccc3)Oc3ccc(Br)cc32)N=C1N.CS(=O)(=O)c1cccc(B(O)O)c1. The lowest BCUT2D eigenvalue weighted by Gasteiger charge is -2.37. The number of fused-ring (bicyclic) bond motifs is 4. The van der Waals surface area contributed by atoms with Crippen molar-refractivity contribution in [3.8, 4) is 22.6 Å². The van der Waals surface area contributed by atoms with Gasteiger partial charge in [-0.1, -0.05) is 107 Å². The maximum atomic E-state index is 13.5. The highest BCUT2D eigenvalue weighted by Gasteiger charge is 2.55. The monoisotopic (exact) mass is 1050 g/mol. The van der Waals surface area contributed by atoms with Gasteiger partial charge in [0.05, 0.1) is 9.79 Å². The van der Waals surface area contributed by atoms with Crippen molar-refractivity contribution in [3.05, 3.63) is 172 Å². The fraction of sp³-hybridized carbons (Fsp3) is 0.200. The Hall–Kier alpha value is -6.84. The third-order valence-electron chi connectivity index (χ3n) is 12.4. The molecule has 6 aromatic carbocycles. The molecule has 70 heavy (non-hydrogen) atoms. The zero-order valence-electron chi connectivity index (χ0n) is 38.3. The van der Waals surface area contributed by atoms with E-state index in [2.05, 4.69) is 25.9 Å². The van der Waals surface area contributed by atoms with Gasteiger partial charge in [-0.3, -0.25) is 19.4 Å². The van der Waals surface area contributed by atoms with E-state index in [-0.39, 0.29) is 51.2 Å². The molecule has 20 heteroatoms. The minimum Gasteiger partial charge on any atom is -0.485 e. The fourth-order valence-electron chi connectivity index (χ4n) is 8.75. The molecule has 16 nitrogen and oxygen atoms in total. The van der Waals surface area contributed by atoms with Crippen LogP contribution in [0.4, 0.5) is 0 Å². The molecular weight excluding hydrogens is 999 g/mol. The van der Waals surface area contributed by atoms with Gasteiger partial charge in [-0.05, 0) is 82.3 Å². The summed E-state index contributed by atoms with van der Waals surface area (Å²) in [6, 6.07) is 43.0. The highest BCUT2D eigenvalue weighted by Crippen LogP contribution is 2.52. The number of guanidine groups is 2. The molecule has 6 aromatic rings. The molecule has 4 unspecified atom stereocenters.